The molecule has 0 bridgehead atoms. The van der Waals surface area contributed by atoms with Crippen molar-refractivity contribution < 1.29 is 18.4 Å². The second kappa shape index (κ2) is 12.8. The van der Waals surface area contributed by atoms with Gasteiger partial charge in [0.2, 0.25) is 0 Å². The fourth-order valence-corrected chi connectivity index (χ4v) is 10.7. The van der Waals surface area contributed by atoms with E-state index in [9.17, 15) is 4.79 Å². The monoisotopic (exact) mass is 515 g/mol. The summed E-state index contributed by atoms with van der Waals surface area (Å²) in [5.41, 5.74) is 2.37. The maximum Gasteiger partial charge on any atom is 0.342 e. The molecule has 0 amide bonds. The van der Waals surface area contributed by atoms with Crippen molar-refractivity contribution in [2.24, 2.45) is 0 Å². The summed E-state index contributed by atoms with van der Waals surface area (Å²) >= 11 is 12.5. The SMILES string of the molecule is CCOCOC(=O)c1ccccc1Nc1c(Cl)ccc(C)c1Cl.C[Si](C)(C)O[Si](C)(C)C. The lowest BCUT2D eigenvalue weighted by atomic mass is 10.1. The molecular formula is C23H35Cl2NO4Si2. The van der Waals surface area contributed by atoms with Crippen molar-refractivity contribution in [3.05, 3.63) is 57.6 Å². The van der Waals surface area contributed by atoms with E-state index < -0.39 is 22.6 Å². The van der Waals surface area contributed by atoms with Gasteiger partial charge in [0.05, 0.1) is 27.0 Å². The molecule has 32 heavy (non-hydrogen) atoms. The van der Waals surface area contributed by atoms with E-state index in [1.54, 1.807) is 30.3 Å². The minimum absolute atomic E-state index is 0.0877. The van der Waals surface area contributed by atoms with Crippen LogP contribution in [0.3, 0.4) is 0 Å². The van der Waals surface area contributed by atoms with Crippen LogP contribution < -0.4 is 5.32 Å². The molecule has 0 aliphatic rings. The Morgan fingerprint density at radius 2 is 1.56 bits per heavy atom. The van der Waals surface area contributed by atoms with Crippen LogP contribution in [0.5, 0.6) is 0 Å². The predicted octanol–water partition coefficient (Wildman–Crippen LogP) is 7.87. The molecule has 2 aromatic rings. The quantitative estimate of drug-likeness (QED) is 0.167. The number of benzene rings is 2. The van der Waals surface area contributed by atoms with Gasteiger partial charge >= 0.3 is 5.97 Å². The zero-order chi connectivity index (χ0) is 24.5. The Bertz CT molecular complexity index is 885. The Morgan fingerprint density at radius 3 is 2.09 bits per heavy atom. The van der Waals surface area contributed by atoms with Crippen molar-refractivity contribution >= 4 is 57.2 Å². The maximum atomic E-state index is 12.2. The highest BCUT2D eigenvalue weighted by atomic mass is 35.5. The third kappa shape index (κ3) is 10.5. The standard InChI is InChI=1S/C17H17Cl2NO3.C6H18OSi2/c1-3-22-10-23-17(21)12-6-4-5-7-14(12)20-16-13(18)9-8-11(2)15(16)19;1-8(2,3)7-9(4,5)6/h4-9,20H,3,10H2,1-2H3;1-6H3. The van der Waals surface area contributed by atoms with Gasteiger partial charge in [-0.15, -0.1) is 0 Å². The van der Waals surface area contributed by atoms with Crippen LogP contribution in [-0.2, 0) is 13.6 Å². The lowest BCUT2D eigenvalue weighted by molar-refractivity contribution is -0.0273. The molecular weight excluding hydrogens is 481 g/mol. The largest absolute Gasteiger partial charge is 0.456 e. The molecule has 0 heterocycles. The number of anilines is 2. The molecule has 1 N–H and O–H groups in total. The molecule has 0 aromatic heterocycles. The van der Waals surface area contributed by atoms with Gasteiger partial charge in [-0.2, -0.15) is 0 Å². The summed E-state index contributed by atoms with van der Waals surface area (Å²) in [7, 11) is -2.46. The summed E-state index contributed by atoms with van der Waals surface area (Å²) < 4.78 is 16.0. The second-order valence-corrected chi connectivity index (χ2v) is 19.1. The highest BCUT2D eigenvalue weighted by Crippen LogP contribution is 2.36. The summed E-state index contributed by atoms with van der Waals surface area (Å²) in [6.45, 7) is 17.5. The van der Waals surface area contributed by atoms with Crippen LogP contribution in [0.1, 0.15) is 22.8 Å². The van der Waals surface area contributed by atoms with Gasteiger partial charge in [-0.25, -0.2) is 4.79 Å². The number of halogens is 2. The lowest BCUT2D eigenvalue weighted by Gasteiger charge is -2.27. The molecule has 0 aliphatic heterocycles. The summed E-state index contributed by atoms with van der Waals surface area (Å²) in [5, 5.41) is 4.10. The molecule has 0 saturated heterocycles. The highest BCUT2D eigenvalue weighted by Gasteiger charge is 2.24. The Morgan fingerprint density at radius 1 is 0.969 bits per heavy atom. The van der Waals surface area contributed by atoms with Crippen LogP contribution in [0.2, 0.25) is 49.3 Å². The van der Waals surface area contributed by atoms with E-state index >= 15 is 0 Å². The molecule has 0 radical (unpaired) electrons. The minimum atomic E-state index is -1.23. The van der Waals surface area contributed by atoms with Crippen LogP contribution in [-0.4, -0.2) is 36.0 Å². The van der Waals surface area contributed by atoms with Crippen LogP contribution in [0.25, 0.3) is 0 Å². The van der Waals surface area contributed by atoms with E-state index in [0.717, 1.165) is 5.56 Å². The number of carbonyl (C=O) groups is 1. The maximum absolute atomic E-state index is 12.2. The van der Waals surface area contributed by atoms with Crippen LogP contribution in [0, 0.1) is 6.92 Å². The van der Waals surface area contributed by atoms with Gasteiger partial charge in [0.1, 0.15) is 0 Å². The first-order chi connectivity index (χ1) is 14.7. The van der Waals surface area contributed by atoms with Gasteiger partial charge in [0, 0.05) is 6.61 Å². The topological polar surface area (TPSA) is 56.8 Å². The van der Waals surface area contributed by atoms with E-state index in [4.69, 9.17) is 36.8 Å². The summed E-state index contributed by atoms with van der Waals surface area (Å²) in [4.78, 5) is 12.2. The second-order valence-electron chi connectivity index (χ2n) is 9.09. The number of para-hydroxylation sites is 1. The van der Waals surface area contributed by atoms with E-state index in [2.05, 4.69) is 44.6 Å². The molecule has 0 fully saturated rings. The molecule has 2 rings (SSSR count). The van der Waals surface area contributed by atoms with E-state index in [0.29, 0.717) is 33.6 Å². The number of aryl methyl sites for hydroxylation is 1. The van der Waals surface area contributed by atoms with Gasteiger partial charge in [-0.1, -0.05) is 41.4 Å². The van der Waals surface area contributed by atoms with Crippen molar-refractivity contribution in [2.45, 2.75) is 53.1 Å². The predicted molar refractivity (Wildman–Crippen MR) is 141 cm³/mol. The molecule has 2 aromatic carbocycles. The molecule has 178 valence electrons. The van der Waals surface area contributed by atoms with Crippen LogP contribution >= 0.6 is 23.2 Å². The number of ether oxygens (including phenoxy) is 2. The first kappa shape index (κ1) is 28.7. The number of nitrogens with one attached hydrogen (secondary N) is 1. The molecule has 0 spiro atoms. The fourth-order valence-electron chi connectivity index (χ4n) is 2.85. The zero-order valence-corrected chi connectivity index (χ0v) is 23.8. The molecule has 9 heteroatoms. The number of hydrogen-bond acceptors (Lipinski definition) is 5. The summed E-state index contributed by atoms with van der Waals surface area (Å²) in [5.74, 6) is -0.485. The van der Waals surface area contributed by atoms with Crippen LogP contribution in [0.15, 0.2) is 36.4 Å². The Balaban J connectivity index is 0.000000482. The Hall–Kier alpha value is -1.36. The average Bonchev–Trinajstić information content (AvgIpc) is 2.66. The van der Waals surface area contributed by atoms with Crippen molar-refractivity contribution in [3.8, 4) is 0 Å². The lowest BCUT2D eigenvalue weighted by Crippen LogP contribution is -2.39. The van der Waals surface area contributed by atoms with E-state index in [1.807, 2.05) is 19.9 Å². The first-order valence-electron chi connectivity index (χ1n) is 10.5. The fraction of sp³-hybridized carbons (Fsp3) is 0.435. The molecule has 5 nitrogen and oxygen atoms in total. The van der Waals surface area contributed by atoms with Gasteiger partial charge in [0.15, 0.2) is 23.4 Å². The Labute approximate surface area is 204 Å². The van der Waals surface area contributed by atoms with Crippen molar-refractivity contribution in [3.63, 3.8) is 0 Å². The average molecular weight is 517 g/mol. The van der Waals surface area contributed by atoms with Gasteiger partial charge in [-0.3, -0.25) is 0 Å². The molecule has 0 atom stereocenters. The molecule has 0 unspecified atom stereocenters. The zero-order valence-electron chi connectivity index (χ0n) is 20.3. The summed E-state index contributed by atoms with van der Waals surface area (Å²) in [6, 6.07) is 10.6. The third-order valence-electron chi connectivity index (χ3n) is 3.78. The molecule has 0 aliphatic carbocycles. The number of rotatable bonds is 8. The van der Waals surface area contributed by atoms with Gasteiger partial charge < -0.3 is 18.9 Å². The Kier molecular flexibility index (Phi) is 11.4. The normalized spacial score (nSPS) is 11.4. The molecule has 0 saturated carbocycles. The summed E-state index contributed by atoms with van der Waals surface area (Å²) in [6.07, 6.45) is 0. The van der Waals surface area contributed by atoms with E-state index in [-0.39, 0.29) is 6.79 Å². The highest BCUT2D eigenvalue weighted by molar-refractivity contribution is 6.83. The van der Waals surface area contributed by atoms with Crippen molar-refractivity contribution in [2.75, 3.05) is 18.7 Å². The minimum Gasteiger partial charge on any atom is -0.456 e. The first-order valence-corrected chi connectivity index (χ1v) is 18.1. The third-order valence-corrected chi connectivity index (χ3v) is 9.48. The number of hydrogen-bond donors (Lipinski definition) is 1. The number of carbonyl (C=O) groups excluding carboxylic acids is 1. The van der Waals surface area contributed by atoms with Gasteiger partial charge in [0.25, 0.3) is 0 Å². The van der Waals surface area contributed by atoms with E-state index in [1.165, 1.54) is 0 Å². The number of esters is 1. The van der Waals surface area contributed by atoms with Crippen LogP contribution in [0.4, 0.5) is 11.4 Å². The van der Waals surface area contributed by atoms with Crippen molar-refractivity contribution in [1.29, 1.82) is 0 Å². The smallest absolute Gasteiger partial charge is 0.342 e. The van der Waals surface area contributed by atoms with Crippen molar-refractivity contribution in [1.82, 2.24) is 0 Å². The van der Waals surface area contributed by atoms with Gasteiger partial charge in [-0.05, 0) is 76.9 Å².